The predicted octanol–water partition coefficient (Wildman–Crippen LogP) is 2.94. The largest absolute Gasteiger partial charge is 0.481 e. The van der Waals surface area contributed by atoms with Crippen molar-refractivity contribution in [3.05, 3.63) is 65.0 Å². The summed E-state index contributed by atoms with van der Waals surface area (Å²) in [6.07, 6.45) is 4.76. The van der Waals surface area contributed by atoms with Crippen molar-refractivity contribution in [3.63, 3.8) is 0 Å². The Morgan fingerprint density at radius 1 is 1.19 bits per heavy atom. The Hall–Kier alpha value is -2.89. The molecule has 0 saturated carbocycles. The Bertz CT molecular complexity index is 855. The highest BCUT2D eigenvalue weighted by atomic mass is 16.4. The van der Waals surface area contributed by atoms with Crippen LogP contribution in [-0.2, 0) is 16.1 Å². The average molecular weight is 367 g/mol. The van der Waals surface area contributed by atoms with Crippen molar-refractivity contribution >= 4 is 11.9 Å². The highest BCUT2D eigenvalue weighted by molar-refractivity contribution is 5.81. The number of allylic oxidation sites excluding steroid dienone is 1. The molecule has 2 atom stereocenters. The lowest BCUT2D eigenvalue weighted by Gasteiger charge is -2.14. The zero-order valence-corrected chi connectivity index (χ0v) is 15.7. The molecule has 2 N–H and O–H groups in total. The van der Waals surface area contributed by atoms with Gasteiger partial charge in [0.15, 0.2) is 0 Å². The number of nitrogens with one attached hydrogen (secondary N) is 1. The van der Waals surface area contributed by atoms with E-state index < -0.39 is 5.97 Å². The van der Waals surface area contributed by atoms with Crippen LogP contribution in [0.4, 0.5) is 0 Å². The molecule has 1 amide bonds. The van der Waals surface area contributed by atoms with Crippen molar-refractivity contribution < 1.29 is 14.7 Å². The fourth-order valence-corrected chi connectivity index (χ4v) is 3.68. The average Bonchev–Trinajstić information content (AvgIpc) is 3.18. The van der Waals surface area contributed by atoms with E-state index in [2.05, 4.69) is 30.4 Å². The van der Waals surface area contributed by atoms with Gasteiger partial charge in [0.25, 0.3) is 0 Å². The molecule has 1 aromatic heterocycles. The van der Waals surface area contributed by atoms with E-state index >= 15 is 0 Å². The molecule has 1 heterocycles. The number of nitrogens with zero attached hydrogens (tertiary/aromatic N) is 2. The minimum Gasteiger partial charge on any atom is -0.481 e. The number of rotatable bonds is 7. The Kier molecular flexibility index (Phi) is 5.74. The minimum atomic E-state index is -0.956. The zero-order chi connectivity index (χ0) is 19.4. The lowest BCUT2D eigenvalue weighted by molar-refractivity contribution is -0.138. The molecule has 0 spiro atoms. The van der Waals surface area contributed by atoms with Crippen LogP contribution < -0.4 is 5.32 Å². The quantitative estimate of drug-likeness (QED) is 0.737. The summed E-state index contributed by atoms with van der Waals surface area (Å²) < 4.78 is 2.03. The van der Waals surface area contributed by atoms with Crippen molar-refractivity contribution in [2.45, 2.75) is 51.6 Å². The van der Waals surface area contributed by atoms with Crippen LogP contribution in [0.25, 0.3) is 0 Å². The van der Waals surface area contributed by atoms with E-state index in [1.165, 1.54) is 11.1 Å². The van der Waals surface area contributed by atoms with Crippen molar-refractivity contribution in [2.24, 2.45) is 0 Å². The minimum absolute atomic E-state index is 0.0113. The fraction of sp³-hybridized carbons (Fsp3) is 0.381. The zero-order valence-electron chi connectivity index (χ0n) is 15.7. The number of carbonyl (C=O) groups excluding carboxylic acids is 1. The van der Waals surface area contributed by atoms with E-state index in [1.807, 2.05) is 35.9 Å². The summed E-state index contributed by atoms with van der Waals surface area (Å²) in [5.41, 5.74) is 4.57. The maximum absolute atomic E-state index is 11.9. The second-order valence-corrected chi connectivity index (χ2v) is 7.02. The lowest BCUT2D eigenvalue weighted by Crippen LogP contribution is -2.32. The number of benzene rings is 1. The number of carboxylic acids is 1. The molecule has 0 aliphatic heterocycles. The second kappa shape index (κ2) is 8.20. The number of amides is 1. The maximum Gasteiger partial charge on any atom is 0.303 e. The smallest absolute Gasteiger partial charge is 0.303 e. The standard InChI is InChI=1S/C21H25N3O3/c1-14-21(15(2)24(23-14)13-16-6-4-3-5-7-16)17-8-9-18(12-17)22-19(25)10-11-20(26)27/h3-9,17-18H,10-13H2,1-2H3,(H,22,25)(H,26,27)/t17-,18-/m1/s1. The van der Waals surface area contributed by atoms with Crippen LogP contribution in [0.3, 0.4) is 0 Å². The van der Waals surface area contributed by atoms with Gasteiger partial charge in [-0.3, -0.25) is 14.3 Å². The van der Waals surface area contributed by atoms with Crippen LogP contribution in [0, 0.1) is 13.8 Å². The molecule has 6 nitrogen and oxygen atoms in total. The summed E-state index contributed by atoms with van der Waals surface area (Å²) in [5.74, 6) is -0.970. The molecule has 0 saturated heterocycles. The number of carbonyl (C=O) groups is 2. The first kappa shape index (κ1) is 18.9. The normalized spacial score (nSPS) is 18.6. The number of aliphatic carboxylic acids is 1. The van der Waals surface area contributed by atoms with Gasteiger partial charge in [0, 0.05) is 29.6 Å². The van der Waals surface area contributed by atoms with Crippen LogP contribution in [-0.4, -0.2) is 32.8 Å². The second-order valence-electron chi connectivity index (χ2n) is 7.02. The summed E-state index contributed by atoms with van der Waals surface area (Å²) in [5, 5.41) is 16.3. The molecule has 6 heteroatoms. The number of carboxylic acid groups (broad SMARTS) is 1. The van der Waals surface area contributed by atoms with Gasteiger partial charge in [-0.15, -0.1) is 0 Å². The predicted molar refractivity (Wildman–Crippen MR) is 103 cm³/mol. The summed E-state index contributed by atoms with van der Waals surface area (Å²) in [6.45, 7) is 4.85. The van der Waals surface area contributed by atoms with Gasteiger partial charge >= 0.3 is 5.97 Å². The third-order valence-corrected chi connectivity index (χ3v) is 4.98. The lowest BCUT2D eigenvalue weighted by atomic mass is 9.96. The van der Waals surface area contributed by atoms with Gasteiger partial charge in [-0.25, -0.2) is 0 Å². The monoisotopic (exact) mass is 367 g/mol. The summed E-state index contributed by atoms with van der Waals surface area (Å²) >= 11 is 0. The first-order chi connectivity index (χ1) is 12.9. The van der Waals surface area contributed by atoms with Crippen LogP contribution in [0.15, 0.2) is 42.5 Å². The third-order valence-electron chi connectivity index (χ3n) is 4.98. The Balaban J connectivity index is 1.65. The molecular formula is C21H25N3O3. The molecule has 3 rings (SSSR count). The molecule has 27 heavy (non-hydrogen) atoms. The van der Waals surface area contributed by atoms with Crippen LogP contribution in [0.1, 0.15) is 47.7 Å². The molecule has 1 aliphatic rings. The molecule has 1 aromatic carbocycles. The van der Waals surface area contributed by atoms with Crippen molar-refractivity contribution in [1.29, 1.82) is 0 Å². The van der Waals surface area contributed by atoms with Gasteiger partial charge in [-0.05, 0) is 25.8 Å². The van der Waals surface area contributed by atoms with Gasteiger partial charge < -0.3 is 10.4 Å². The van der Waals surface area contributed by atoms with Gasteiger partial charge in [-0.2, -0.15) is 5.10 Å². The third kappa shape index (κ3) is 4.64. The van der Waals surface area contributed by atoms with E-state index in [0.717, 1.165) is 24.4 Å². The van der Waals surface area contributed by atoms with E-state index in [-0.39, 0.29) is 30.7 Å². The van der Waals surface area contributed by atoms with Crippen LogP contribution >= 0.6 is 0 Å². The van der Waals surface area contributed by atoms with E-state index in [9.17, 15) is 9.59 Å². The number of hydrogen-bond acceptors (Lipinski definition) is 3. The summed E-state index contributed by atoms with van der Waals surface area (Å²) in [4.78, 5) is 22.4. The van der Waals surface area contributed by atoms with Crippen molar-refractivity contribution in [2.75, 3.05) is 0 Å². The molecule has 0 bridgehead atoms. The summed E-state index contributed by atoms with van der Waals surface area (Å²) in [7, 11) is 0. The summed E-state index contributed by atoms with van der Waals surface area (Å²) in [6, 6.07) is 10.2. The Labute approximate surface area is 158 Å². The Morgan fingerprint density at radius 3 is 2.63 bits per heavy atom. The van der Waals surface area contributed by atoms with Crippen molar-refractivity contribution in [3.8, 4) is 0 Å². The molecule has 0 unspecified atom stereocenters. The molecule has 0 fully saturated rings. The molecule has 1 aliphatic carbocycles. The van der Waals surface area contributed by atoms with Crippen LogP contribution in [0.2, 0.25) is 0 Å². The topological polar surface area (TPSA) is 84.2 Å². The number of aromatic nitrogens is 2. The molecular weight excluding hydrogens is 342 g/mol. The number of hydrogen-bond donors (Lipinski definition) is 2. The van der Waals surface area contributed by atoms with Gasteiger partial charge in [0.2, 0.25) is 5.91 Å². The van der Waals surface area contributed by atoms with E-state index in [4.69, 9.17) is 10.2 Å². The van der Waals surface area contributed by atoms with Gasteiger partial charge in [0.1, 0.15) is 0 Å². The van der Waals surface area contributed by atoms with E-state index in [0.29, 0.717) is 0 Å². The molecule has 0 radical (unpaired) electrons. The first-order valence-electron chi connectivity index (χ1n) is 9.21. The van der Waals surface area contributed by atoms with Gasteiger partial charge in [-0.1, -0.05) is 42.5 Å². The van der Waals surface area contributed by atoms with Gasteiger partial charge in [0.05, 0.1) is 18.7 Å². The first-order valence-corrected chi connectivity index (χ1v) is 9.21. The van der Waals surface area contributed by atoms with E-state index in [1.54, 1.807) is 0 Å². The highest BCUT2D eigenvalue weighted by Crippen LogP contribution is 2.33. The fourth-order valence-electron chi connectivity index (χ4n) is 3.68. The van der Waals surface area contributed by atoms with Crippen LogP contribution in [0.5, 0.6) is 0 Å². The molecule has 2 aromatic rings. The van der Waals surface area contributed by atoms with Crippen molar-refractivity contribution in [1.82, 2.24) is 15.1 Å². The Morgan fingerprint density at radius 2 is 1.93 bits per heavy atom. The highest BCUT2D eigenvalue weighted by Gasteiger charge is 2.26. The molecule has 142 valence electrons. The maximum atomic E-state index is 11.9. The number of aryl methyl sites for hydroxylation is 1. The SMILES string of the molecule is Cc1nn(Cc2ccccc2)c(C)c1[C@@H]1C=C[C@@H](NC(=O)CCC(=O)O)C1.